The lowest BCUT2D eigenvalue weighted by atomic mass is 10.0. The molecule has 0 bridgehead atoms. The van der Waals surface area contributed by atoms with Gasteiger partial charge in [0.25, 0.3) is 5.91 Å². The minimum absolute atomic E-state index is 0.00197. The number of hydrogen-bond donors (Lipinski definition) is 0. The van der Waals surface area contributed by atoms with Crippen LogP contribution in [0.2, 0.25) is 0 Å². The highest BCUT2D eigenvalue weighted by Crippen LogP contribution is 2.34. The number of methoxy groups -OCH3 is 1. The highest BCUT2D eigenvalue weighted by Gasteiger charge is 2.43. The van der Waals surface area contributed by atoms with Crippen molar-refractivity contribution in [3.63, 3.8) is 0 Å². The van der Waals surface area contributed by atoms with Gasteiger partial charge in [-0.1, -0.05) is 18.2 Å². The van der Waals surface area contributed by atoms with Crippen molar-refractivity contribution < 1.29 is 19.1 Å². The molecule has 2 atom stereocenters. The van der Waals surface area contributed by atoms with Crippen molar-refractivity contribution in [3.8, 4) is 22.6 Å². The van der Waals surface area contributed by atoms with E-state index in [-0.39, 0.29) is 24.0 Å². The molecule has 2 aromatic carbocycles. The van der Waals surface area contributed by atoms with Crippen LogP contribution >= 0.6 is 0 Å². The van der Waals surface area contributed by atoms with Crippen LogP contribution in [-0.4, -0.2) is 61.0 Å². The van der Waals surface area contributed by atoms with E-state index in [1.54, 1.807) is 30.9 Å². The second kappa shape index (κ2) is 6.61. The van der Waals surface area contributed by atoms with Crippen LogP contribution in [0.5, 0.6) is 11.5 Å². The zero-order valence-electron chi connectivity index (χ0n) is 15.6. The van der Waals surface area contributed by atoms with E-state index >= 15 is 0 Å². The molecule has 2 unspecified atom stereocenters. The standard InChI is InChI=1S/C21H22N2O4/c1-13(24)23-11-18-20(12-23)27-19-10-15(7-8-17(19)21(25)22(18)2)14-5-4-6-16(9-14)26-3/h4-10,18,20H,11-12H2,1-3H3. The average molecular weight is 366 g/mol. The fraction of sp³-hybridized carbons (Fsp3) is 0.333. The van der Waals surface area contributed by atoms with Crippen LogP contribution in [0, 0.1) is 0 Å². The summed E-state index contributed by atoms with van der Waals surface area (Å²) >= 11 is 0. The molecule has 1 fully saturated rings. The van der Waals surface area contributed by atoms with Gasteiger partial charge < -0.3 is 19.3 Å². The summed E-state index contributed by atoms with van der Waals surface area (Å²) in [6.07, 6.45) is -0.232. The minimum Gasteiger partial charge on any atom is -0.497 e. The third kappa shape index (κ3) is 3.01. The van der Waals surface area contributed by atoms with E-state index in [2.05, 4.69) is 0 Å². The van der Waals surface area contributed by atoms with Gasteiger partial charge in [-0.05, 0) is 35.4 Å². The molecule has 0 N–H and O–H groups in total. The predicted molar refractivity (Wildman–Crippen MR) is 101 cm³/mol. The highest BCUT2D eigenvalue weighted by molar-refractivity contribution is 5.98. The summed E-state index contributed by atoms with van der Waals surface area (Å²) in [4.78, 5) is 28.1. The molecule has 0 aliphatic carbocycles. The van der Waals surface area contributed by atoms with Crippen LogP contribution in [0.3, 0.4) is 0 Å². The van der Waals surface area contributed by atoms with Crippen molar-refractivity contribution in [1.82, 2.24) is 9.80 Å². The Hall–Kier alpha value is -3.02. The van der Waals surface area contributed by atoms with Gasteiger partial charge in [0.2, 0.25) is 5.91 Å². The number of likely N-dealkylation sites (N-methyl/N-ethyl adjacent to an activating group) is 1. The number of carbonyl (C=O) groups is 2. The van der Waals surface area contributed by atoms with E-state index in [0.717, 1.165) is 16.9 Å². The Morgan fingerprint density at radius 2 is 1.93 bits per heavy atom. The van der Waals surface area contributed by atoms with Gasteiger partial charge in [-0.25, -0.2) is 0 Å². The molecule has 6 heteroatoms. The summed E-state index contributed by atoms with van der Waals surface area (Å²) in [6, 6.07) is 13.2. The number of hydrogen-bond acceptors (Lipinski definition) is 4. The van der Waals surface area contributed by atoms with E-state index in [0.29, 0.717) is 24.4 Å². The summed E-state index contributed by atoms with van der Waals surface area (Å²) in [6.45, 7) is 2.53. The molecule has 2 aliphatic rings. The fourth-order valence-corrected chi connectivity index (χ4v) is 3.78. The van der Waals surface area contributed by atoms with Gasteiger partial charge in [0.1, 0.15) is 17.6 Å². The first-order valence-corrected chi connectivity index (χ1v) is 8.95. The van der Waals surface area contributed by atoms with Crippen LogP contribution < -0.4 is 9.47 Å². The van der Waals surface area contributed by atoms with Crippen LogP contribution in [0.1, 0.15) is 17.3 Å². The Morgan fingerprint density at radius 1 is 1.15 bits per heavy atom. The minimum atomic E-state index is -0.232. The molecule has 1 saturated heterocycles. The molecule has 6 nitrogen and oxygen atoms in total. The first kappa shape index (κ1) is 17.4. The fourth-order valence-electron chi connectivity index (χ4n) is 3.78. The SMILES string of the molecule is COc1cccc(-c2ccc3c(c2)OC2CN(C(C)=O)CC2N(C)C3=O)c1. The van der Waals surface area contributed by atoms with Crippen LogP contribution in [0.4, 0.5) is 0 Å². The summed E-state index contributed by atoms with van der Waals surface area (Å²) in [5, 5.41) is 0. The Labute approximate surface area is 158 Å². The van der Waals surface area contributed by atoms with Gasteiger partial charge in [0, 0.05) is 20.5 Å². The summed E-state index contributed by atoms with van der Waals surface area (Å²) in [5.41, 5.74) is 2.48. The van der Waals surface area contributed by atoms with E-state index in [9.17, 15) is 9.59 Å². The smallest absolute Gasteiger partial charge is 0.257 e. The molecule has 0 spiro atoms. The van der Waals surface area contributed by atoms with Gasteiger partial charge in [-0.3, -0.25) is 9.59 Å². The predicted octanol–water partition coefficient (Wildman–Crippen LogP) is 2.43. The Balaban J connectivity index is 1.72. The molecule has 140 valence electrons. The number of benzene rings is 2. The van der Waals surface area contributed by atoms with Crippen LogP contribution in [-0.2, 0) is 4.79 Å². The molecular weight excluding hydrogens is 344 g/mol. The first-order valence-electron chi connectivity index (χ1n) is 8.95. The second-order valence-electron chi connectivity index (χ2n) is 7.01. The van der Waals surface area contributed by atoms with E-state index in [4.69, 9.17) is 9.47 Å². The number of nitrogens with zero attached hydrogens (tertiary/aromatic N) is 2. The van der Waals surface area contributed by atoms with E-state index in [1.165, 1.54) is 0 Å². The maximum Gasteiger partial charge on any atom is 0.257 e. The number of ether oxygens (including phenoxy) is 2. The van der Waals surface area contributed by atoms with Gasteiger partial charge in [-0.15, -0.1) is 0 Å². The van der Waals surface area contributed by atoms with Crippen molar-refractivity contribution in [2.45, 2.75) is 19.1 Å². The molecule has 2 aliphatic heterocycles. The molecule has 0 radical (unpaired) electrons. The van der Waals surface area contributed by atoms with Crippen LogP contribution in [0.15, 0.2) is 42.5 Å². The van der Waals surface area contributed by atoms with Gasteiger partial charge >= 0.3 is 0 Å². The number of carbonyl (C=O) groups excluding carboxylic acids is 2. The maximum absolute atomic E-state index is 12.9. The molecular formula is C21H22N2O4. The quantitative estimate of drug-likeness (QED) is 0.819. The lowest BCUT2D eigenvalue weighted by molar-refractivity contribution is -0.128. The average Bonchev–Trinajstić information content (AvgIpc) is 3.07. The van der Waals surface area contributed by atoms with E-state index in [1.807, 2.05) is 42.5 Å². The highest BCUT2D eigenvalue weighted by atomic mass is 16.5. The summed E-state index contributed by atoms with van der Waals surface area (Å²) < 4.78 is 11.5. The Bertz CT molecular complexity index is 911. The largest absolute Gasteiger partial charge is 0.497 e. The lowest BCUT2D eigenvalue weighted by Gasteiger charge is -2.24. The molecule has 2 heterocycles. The molecule has 0 saturated carbocycles. The third-order valence-corrected chi connectivity index (χ3v) is 5.39. The van der Waals surface area contributed by atoms with Gasteiger partial charge in [0.15, 0.2) is 0 Å². The zero-order chi connectivity index (χ0) is 19.1. The normalized spacial score (nSPS) is 21.2. The maximum atomic E-state index is 12.9. The summed E-state index contributed by atoms with van der Waals surface area (Å²) in [5.74, 6) is 1.25. The number of rotatable bonds is 2. The van der Waals surface area contributed by atoms with Crippen molar-refractivity contribution in [2.75, 3.05) is 27.2 Å². The van der Waals surface area contributed by atoms with Crippen molar-refractivity contribution in [2.24, 2.45) is 0 Å². The third-order valence-electron chi connectivity index (χ3n) is 5.39. The topological polar surface area (TPSA) is 59.1 Å². The number of likely N-dealkylation sites (tertiary alicyclic amines) is 1. The summed E-state index contributed by atoms with van der Waals surface area (Å²) in [7, 11) is 3.41. The zero-order valence-corrected chi connectivity index (χ0v) is 15.6. The van der Waals surface area contributed by atoms with Gasteiger partial charge in [0.05, 0.1) is 25.3 Å². The molecule has 2 amide bonds. The van der Waals surface area contributed by atoms with Crippen molar-refractivity contribution in [3.05, 3.63) is 48.0 Å². The number of fused-ring (bicyclic) bond motifs is 2. The van der Waals surface area contributed by atoms with Crippen molar-refractivity contribution in [1.29, 1.82) is 0 Å². The van der Waals surface area contributed by atoms with Crippen LogP contribution in [0.25, 0.3) is 11.1 Å². The molecule has 0 aromatic heterocycles. The van der Waals surface area contributed by atoms with E-state index < -0.39 is 0 Å². The molecule has 4 rings (SSSR count). The monoisotopic (exact) mass is 366 g/mol. The Morgan fingerprint density at radius 3 is 2.67 bits per heavy atom. The first-order chi connectivity index (χ1) is 13.0. The number of amides is 2. The lowest BCUT2D eigenvalue weighted by Crippen LogP contribution is -2.44. The molecule has 2 aromatic rings. The second-order valence-corrected chi connectivity index (χ2v) is 7.01. The molecule has 27 heavy (non-hydrogen) atoms. The Kier molecular flexibility index (Phi) is 4.26. The van der Waals surface area contributed by atoms with Gasteiger partial charge in [-0.2, -0.15) is 0 Å². The van der Waals surface area contributed by atoms with Crippen molar-refractivity contribution >= 4 is 11.8 Å².